The van der Waals surface area contributed by atoms with Crippen molar-refractivity contribution in [2.24, 2.45) is 0 Å². The van der Waals surface area contributed by atoms with Gasteiger partial charge in [-0.1, -0.05) is 0 Å². The lowest BCUT2D eigenvalue weighted by Gasteiger charge is -2.54. The Bertz CT molecular complexity index is 317. The molecule has 0 bridgehead atoms. The second-order valence-electron chi connectivity index (χ2n) is 6.93. The molecule has 6 heteroatoms. The summed E-state index contributed by atoms with van der Waals surface area (Å²) in [7, 11) is 0. The van der Waals surface area contributed by atoms with Crippen molar-refractivity contribution in [2.45, 2.75) is 62.4 Å². The summed E-state index contributed by atoms with van der Waals surface area (Å²) in [5.74, 6) is 0. The van der Waals surface area contributed by atoms with Crippen molar-refractivity contribution in [3.63, 3.8) is 0 Å². The average molecular weight is 311 g/mol. The smallest absolute Gasteiger partial charge is 0.102 e. The summed E-state index contributed by atoms with van der Waals surface area (Å²) in [5.41, 5.74) is -0.149. The van der Waals surface area contributed by atoms with Crippen LogP contribution in [0.5, 0.6) is 0 Å². The van der Waals surface area contributed by atoms with Gasteiger partial charge in [0.05, 0.1) is 31.6 Å². The largest absolute Gasteiger partial charge is 0.376 e. The fourth-order valence-corrected chi connectivity index (χ4v) is 4.86. The molecule has 126 valence electrons. The minimum Gasteiger partial charge on any atom is -0.376 e. The molecule has 0 spiro atoms. The highest BCUT2D eigenvalue weighted by Gasteiger charge is 2.59. The van der Waals surface area contributed by atoms with E-state index in [1.165, 1.54) is 0 Å². The van der Waals surface area contributed by atoms with Crippen LogP contribution in [0.15, 0.2) is 0 Å². The maximum atomic E-state index is 6.24. The molecule has 3 atom stereocenters. The molecule has 4 aliphatic heterocycles. The first-order chi connectivity index (χ1) is 10.9. The summed E-state index contributed by atoms with van der Waals surface area (Å²) in [6.45, 7) is 5.26. The molecule has 0 radical (unpaired) electrons. The summed E-state index contributed by atoms with van der Waals surface area (Å²) in [5, 5.41) is 6.92. The van der Waals surface area contributed by atoms with Crippen LogP contribution in [0.4, 0.5) is 0 Å². The van der Waals surface area contributed by atoms with Crippen LogP contribution >= 0.6 is 0 Å². The Morgan fingerprint density at radius 1 is 0.727 bits per heavy atom. The van der Waals surface area contributed by atoms with Crippen LogP contribution < -0.4 is 10.6 Å². The van der Waals surface area contributed by atoms with E-state index >= 15 is 0 Å². The first-order valence-corrected chi connectivity index (χ1v) is 8.93. The number of rotatable bonds is 4. The Morgan fingerprint density at radius 3 is 1.55 bits per heavy atom. The van der Waals surface area contributed by atoms with Gasteiger partial charge in [0.25, 0.3) is 0 Å². The Balaban J connectivity index is 1.71. The molecule has 0 aromatic carbocycles. The summed E-state index contributed by atoms with van der Waals surface area (Å²) < 4.78 is 18.7. The van der Waals surface area contributed by atoms with E-state index in [9.17, 15) is 0 Å². The third-order valence-electron chi connectivity index (χ3n) is 5.74. The van der Waals surface area contributed by atoms with Crippen LogP contribution in [0.3, 0.4) is 0 Å². The second-order valence-corrected chi connectivity index (χ2v) is 6.93. The fourth-order valence-electron chi connectivity index (χ4n) is 4.86. The molecule has 2 N–H and O–H groups in total. The summed E-state index contributed by atoms with van der Waals surface area (Å²) in [6.07, 6.45) is 7.49. The number of nitrogens with one attached hydrogen (secondary N) is 2. The van der Waals surface area contributed by atoms with Crippen molar-refractivity contribution in [3.05, 3.63) is 0 Å². The Hall–Kier alpha value is -0.240. The molecule has 4 rings (SSSR count). The molecule has 0 aromatic rings. The maximum Gasteiger partial charge on any atom is 0.102 e. The van der Waals surface area contributed by atoms with Crippen molar-refractivity contribution >= 4 is 0 Å². The lowest BCUT2D eigenvalue weighted by Crippen LogP contribution is -2.73. The summed E-state index contributed by atoms with van der Waals surface area (Å²) in [4.78, 5) is 2.51. The van der Waals surface area contributed by atoms with E-state index < -0.39 is 0 Å². The van der Waals surface area contributed by atoms with Gasteiger partial charge < -0.3 is 14.2 Å². The predicted octanol–water partition coefficient (Wildman–Crippen LogP) is 0.630. The molecular formula is C16H29N3O3. The van der Waals surface area contributed by atoms with Crippen LogP contribution in [0, 0.1) is 0 Å². The molecule has 0 aromatic heterocycles. The van der Waals surface area contributed by atoms with E-state index in [0.29, 0.717) is 0 Å². The van der Waals surface area contributed by atoms with Gasteiger partial charge in [0.1, 0.15) is 5.54 Å². The van der Waals surface area contributed by atoms with Gasteiger partial charge in [-0.2, -0.15) is 0 Å². The van der Waals surface area contributed by atoms with Gasteiger partial charge in [-0.15, -0.1) is 0 Å². The van der Waals surface area contributed by atoms with Gasteiger partial charge in [0.15, 0.2) is 0 Å². The third-order valence-corrected chi connectivity index (χ3v) is 5.74. The van der Waals surface area contributed by atoms with Crippen LogP contribution in [-0.2, 0) is 14.2 Å². The quantitative estimate of drug-likeness (QED) is 0.794. The molecule has 0 saturated carbocycles. The average Bonchev–Trinajstić information content (AvgIpc) is 3.34. The third kappa shape index (κ3) is 2.50. The summed E-state index contributed by atoms with van der Waals surface area (Å²) >= 11 is 0. The molecule has 4 fully saturated rings. The van der Waals surface area contributed by atoms with Crippen molar-refractivity contribution in [1.82, 2.24) is 15.5 Å². The topological polar surface area (TPSA) is 55.0 Å². The van der Waals surface area contributed by atoms with Crippen LogP contribution in [0.25, 0.3) is 0 Å². The zero-order valence-corrected chi connectivity index (χ0v) is 13.4. The first-order valence-electron chi connectivity index (χ1n) is 8.93. The Morgan fingerprint density at radius 2 is 1.18 bits per heavy atom. The number of hydrogen-bond donors (Lipinski definition) is 2. The minimum absolute atomic E-state index is 0.149. The van der Waals surface area contributed by atoms with Gasteiger partial charge in [-0.05, 0) is 38.5 Å². The lowest BCUT2D eigenvalue weighted by atomic mass is 9.76. The molecule has 0 amide bonds. The normalized spacial score (nSPS) is 40.1. The number of ether oxygens (including phenoxy) is 3. The van der Waals surface area contributed by atoms with Crippen LogP contribution in [0.1, 0.15) is 38.5 Å². The minimum atomic E-state index is -0.149. The van der Waals surface area contributed by atoms with Crippen molar-refractivity contribution in [3.8, 4) is 0 Å². The fraction of sp³-hybridized carbons (Fsp3) is 1.00. The molecule has 4 aliphatic rings. The monoisotopic (exact) mass is 311 g/mol. The van der Waals surface area contributed by atoms with E-state index in [-0.39, 0.29) is 23.9 Å². The lowest BCUT2D eigenvalue weighted by molar-refractivity contribution is -0.180. The van der Waals surface area contributed by atoms with Gasteiger partial charge in [0, 0.05) is 26.5 Å². The predicted molar refractivity (Wildman–Crippen MR) is 82.4 cm³/mol. The van der Waals surface area contributed by atoms with Crippen molar-refractivity contribution in [1.29, 1.82) is 0 Å². The van der Waals surface area contributed by atoms with E-state index in [1.807, 2.05) is 0 Å². The highest BCUT2D eigenvalue weighted by molar-refractivity contribution is 5.11. The van der Waals surface area contributed by atoms with Gasteiger partial charge in [-0.3, -0.25) is 15.5 Å². The van der Waals surface area contributed by atoms with Crippen molar-refractivity contribution < 1.29 is 14.2 Å². The molecule has 4 heterocycles. The SMILES string of the molecule is C1COC(C(C2CCCO2)(C2CCCO2)N2CNCNC2)C1. The van der Waals surface area contributed by atoms with Crippen LogP contribution in [0.2, 0.25) is 0 Å². The standard InChI is InChI=1S/C16H29N3O3/c1-4-13(20-7-1)16(14-5-2-8-21-14,15-6-3-9-22-15)19-11-17-10-18-12-19/h13-15,17-18H,1-12H2. The highest BCUT2D eigenvalue weighted by atomic mass is 16.5. The highest BCUT2D eigenvalue weighted by Crippen LogP contribution is 2.44. The number of nitrogens with zero attached hydrogens (tertiary/aromatic N) is 1. The molecule has 3 unspecified atom stereocenters. The number of hydrogen-bond acceptors (Lipinski definition) is 6. The Labute approximate surface area is 132 Å². The molecular weight excluding hydrogens is 282 g/mol. The van der Waals surface area contributed by atoms with Gasteiger partial charge >= 0.3 is 0 Å². The van der Waals surface area contributed by atoms with Crippen molar-refractivity contribution in [2.75, 3.05) is 39.8 Å². The molecule has 0 aliphatic carbocycles. The second kappa shape index (κ2) is 6.71. The Kier molecular flexibility index (Phi) is 4.66. The van der Waals surface area contributed by atoms with E-state index in [2.05, 4.69) is 15.5 Å². The first kappa shape index (κ1) is 15.3. The van der Waals surface area contributed by atoms with Gasteiger partial charge in [0.2, 0.25) is 0 Å². The van der Waals surface area contributed by atoms with Crippen LogP contribution in [-0.4, -0.2) is 68.6 Å². The molecule has 4 saturated heterocycles. The summed E-state index contributed by atoms with van der Waals surface area (Å²) in [6, 6.07) is 0. The van der Waals surface area contributed by atoms with E-state index in [0.717, 1.165) is 78.4 Å². The van der Waals surface area contributed by atoms with Gasteiger partial charge in [-0.25, -0.2) is 0 Å². The van der Waals surface area contributed by atoms with E-state index in [4.69, 9.17) is 14.2 Å². The zero-order chi connectivity index (χ0) is 14.8. The molecule has 6 nitrogen and oxygen atoms in total. The zero-order valence-electron chi connectivity index (χ0n) is 13.4. The molecule has 22 heavy (non-hydrogen) atoms. The van der Waals surface area contributed by atoms with E-state index in [1.54, 1.807) is 0 Å². The maximum absolute atomic E-state index is 6.24.